The van der Waals surface area contributed by atoms with Crippen LogP contribution in [0.1, 0.15) is 18.4 Å². The summed E-state index contributed by atoms with van der Waals surface area (Å²) >= 11 is 0. The molecule has 0 heterocycles. The van der Waals surface area contributed by atoms with Crippen molar-refractivity contribution in [2.24, 2.45) is 5.73 Å². The molecule has 0 atom stereocenters. The Kier molecular flexibility index (Phi) is 4.29. The number of hydrogen-bond donors (Lipinski definition) is 1. The molecule has 0 amide bonds. The van der Waals surface area contributed by atoms with E-state index >= 15 is 0 Å². The molecule has 0 aliphatic heterocycles. The minimum atomic E-state index is -3.10. The lowest BCUT2D eigenvalue weighted by atomic mass is 10.2. The fraction of sp³-hybridized carbons (Fsp3) is 0.455. The molecule has 0 unspecified atom stereocenters. The molecule has 0 spiro atoms. The van der Waals surface area contributed by atoms with Gasteiger partial charge >= 0.3 is 0 Å². The van der Waals surface area contributed by atoms with Crippen molar-refractivity contribution in [1.29, 1.82) is 0 Å². The van der Waals surface area contributed by atoms with Crippen molar-refractivity contribution >= 4 is 9.84 Å². The van der Waals surface area contributed by atoms with E-state index in [0.29, 0.717) is 17.9 Å². The van der Waals surface area contributed by atoms with E-state index in [4.69, 9.17) is 5.73 Å². The Hall–Kier alpha value is -0.870. The SMILES string of the molecule is Cc1ccc(S(=O)(=O)CCCCN)cc1. The molecule has 1 aromatic rings. The lowest BCUT2D eigenvalue weighted by Crippen LogP contribution is -2.09. The van der Waals surface area contributed by atoms with Gasteiger partial charge in [-0.05, 0) is 38.4 Å². The topological polar surface area (TPSA) is 60.2 Å². The number of rotatable bonds is 5. The molecule has 84 valence electrons. The number of benzene rings is 1. The van der Waals surface area contributed by atoms with Crippen molar-refractivity contribution in [3.63, 3.8) is 0 Å². The van der Waals surface area contributed by atoms with Crippen LogP contribution in [0, 0.1) is 6.92 Å². The summed E-state index contributed by atoms with van der Waals surface area (Å²) in [5, 5.41) is 0. The van der Waals surface area contributed by atoms with Gasteiger partial charge in [0, 0.05) is 0 Å². The second-order valence-electron chi connectivity index (χ2n) is 3.63. The van der Waals surface area contributed by atoms with Crippen LogP contribution in [-0.4, -0.2) is 20.7 Å². The van der Waals surface area contributed by atoms with Gasteiger partial charge in [-0.1, -0.05) is 17.7 Å². The van der Waals surface area contributed by atoms with Crippen molar-refractivity contribution in [1.82, 2.24) is 0 Å². The second-order valence-corrected chi connectivity index (χ2v) is 5.74. The summed E-state index contributed by atoms with van der Waals surface area (Å²) in [5.74, 6) is 0.188. The van der Waals surface area contributed by atoms with Crippen LogP contribution in [-0.2, 0) is 9.84 Å². The van der Waals surface area contributed by atoms with Crippen molar-refractivity contribution < 1.29 is 8.42 Å². The largest absolute Gasteiger partial charge is 0.330 e. The Morgan fingerprint density at radius 1 is 1.13 bits per heavy atom. The average molecular weight is 227 g/mol. The van der Waals surface area contributed by atoms with Crippen LogP contribution in [0.2, 0.25) is 0 Å². The van der Waals surface area contributed by atoms with E-state index in [1.54, 1.807) is 12.1 Å². The molecule has 0 aromatic heterocycles. The average Bonchev–Trinajstić information content (AvgIpc) is 2.18. The summed E-state index contributed by atoms with van der Waals surface area (Å²) in [6.45, 7) is 2.48. The van der Waals surface area contributed by atoms with E-state index in [9.17, 15) is 8.42 Å². The summed E-state index contributed by atoms with van der Waals surface area (Å²) in [5.41, 5.74) is 6.39. The van der Waals surface area contributed by atoms with Gasteiger partial charge in [0.15, 0.2) is 9.84 Å². The zero-order chi connectivity index (χ0) is 11.3. The Balaban J connectivity index is 2.73. The highest BCUT2D eigenvalue weighted by molar-refractivity contribution is 7.91. The molecule has 2 N–H and O–H groups in total. The molecular formula is C11H17NO2S. The molecule has 0 fully saturated rings. The Morgan fingerprint density at radius 2 is 1.73 bits per heavy atom. The zero-order valence-electron chi connectivity index (χ0n) is 8.94. The molecule has 4 heteroatoms. The Morgan fingerprint density at radius 3 is 2.27 bits per heavy atom. The fourth-order valence-electron chi connectivity index (χ4n) is 1.30. The zero-order valence-corrected chi connectivity index (χ0v) is 9.76. The summed E-state index contributed by atoms with van der Waals surface area (Å²) < 4.78 is 23.6. The van der Waals surface area contributed by atoms with Crippen LogP contribution in [0.25, 0.3) is 0 Å². The Bertz CT molecular complexity index is 395. The molecule has 15 heavy (non-hydrogen) atoms. The van der Waals surface area contributed by atoms with Gasteiger partial charge < -0.3 is 5.73 Å². The van der Waals surface area contributed by atoms with E-state index in [-0.39, 0.29) is 5.75 Å². The van der Waals surface area contributed by atoms with Gasteiger partial charge in [0.2, 0.25) is 0 Å². The normalized spacial score (nSPS) is 11.6. The molecule has 3 nitrogen and oxygen atoms in total. The first-order valence-corrected chi connectivity index (χ1v) is 6.71. The molecule has 0 radical (unpaired) electrons. The minimum Gasteiger partial charge on any atom is -0.330 e. The molecule has 1 rings (SSSR count). The molecular weight excluding hydrogens is 210 g/mol. The van der Waals surface area contributed by atoms with Crippen molar-refractivity contribution in [3.8, 4) is 0 Å². The number of hydrogen-bond acceptors (Lipinski definition) is 3. The van der Waals surface area contributed by atoms with Gasteiger partial charge in [0.1, 0.15) is 0 Å². The minimum absolute atomic E-state index is 0.188. The van der Waals surface area contributed by atoms with Gasteiger partial charge in [-0.3, -0.25) is 0 Å². The molecule has 0 aliphatic rings. The first-order valence-electron chi connectivity index (χ1n) is 5.06. The monoisotopic (exact) mass is 227 g/mol. The van der Waals surface area contributed by atoms with Crippen LogP contribution in [0.15, 0.2) is 29.2 Å². The summed E-state index contributed by atoms with van der Waals surface area (Å²) in [6, 6.07) is 6.95. The van der Waals surface area contributed by atoms with Gasteiger partial charge in [-0.15, -0.1) is 0 Å². The first kappa shape index (κ1) is 12.2. The molecule has 1 aromatic carbocycles. The maximum atomic E-state index is 11.8. The standard InChI is InChI=1S/C11H17NO2S/c1-10-4-6-11(7-5-10)15(13,14)9-3-2-8-12/h4-7H,2-3,8-9,12H2,1H3. The number of nitrogens with two attached hydrogens (primary N) is 1. The third-order valence-corrected chi connectivity index (χ3v) is 4.06. The van der Waals surface area contributed by atoms with E-state index in [0.717, 1.165) is 12.0 Å². The van der Waals surface area contributed by atoms with Crippen LogP contribution in [0.5, 0.6) is 0 Å². The third kappa shape index (κ3) is 3.64. The maximum absolute atomic E-state index is 11.8. The van der Waals surface area contributed by atoms with E-state index < -0.39 is 9.84 Å². The fourth-order valence-corrected chi connectivity index (χ4v) is 2.67. The summed E-state index contributed by atoms with van der Waals surface area (Å²) in [6.07, 6.45) is 1.39. The molecule has 0 aliphatic carbocycles. The summed E-state index contributed by atoms with van der Waals surface area (Å²) in [7, 11) is -3.10. The predicted octanol–water partition coefficient (Wildman–Crippen LogP) is 1.51. The highest BCUT2D eigenvalue weighted by Crippen LogP contribution is 2.13. The first-order chi connectivity index (χ1) is 7.06. The van der Waals surface area contributed by atoms with Gasteiger partial charge in [0.25, 0.3) is 0 Å². The molecule has 0 bridgehead atoms. The lowest BCUT2D eigenvalue weighted by Gasteiger charge is -2.04. The molecule has 0 saturated heterocycles. The van der Waals surface area contributed by atoms with Crippen LogP contribution in [0.4, 0.5) is 0 Å². The summed E-state index contributed by atoms with van der Waals surface area (Å²) in [4.78, 5) is 0.408. The van der Waals surface area contributed by atoms with Crippen molar-refractivity contribution in [2.75, 3.05) is 12.3 Å². The predicted molar refractivity (Wildman–Crippen MR) is 61.5 cm³/mol. The number of sulfone groups is 1. The number of unbranched alkanes of at least 4 members (excludes halogenated alkanes) is 1. The Labute approximate surface area is 91.2 Å². The second kappa shape index (κ2) is 5.28. The maximum Gasteiger partial charge on any atom is 0.178 e. The van der Waals surface area contributed by atoms with Crippen LogP contribution in [0.3, 0.4) is 0 Å². The van der Waals surface area contributed by atoms with E-state index in [2.05, 4.69) is 0 Å². The number of aryl methyl sites for hydroxylation is 1. The third-order valence-electron chi connectivity index (χ3n) is 2.25. The van der Waals surface area contributed by atoms with E-state index in [1.165, 1.54) is 0 Å². The van der Waals surface area contributed by atoms with Crippen LogP contribution >= 0.6 is 0 Å². The highest BCUT2D eigenvalue weighted by Gasteiger charge is 2.12. The van der Waals surface area contributed by atoms with Crippen molar-refractivity contribution in [3.05, 3.63) is 29.8 Å². The van der Waals surface area contributed by atoms with E-state index in [1.807, 2.05) is 19.1 Å². The van der Waals surface area contributed by atoms with Gasteiger partial charge in [-0.25, -0.2) is 8.42 Å². The van der Waals surface area contributed by atoms with Gasteiger partial charge in [-0.2, -0.15) is 0 Å². The van der Waals surface area contributed by atoms with Crippen molar-refractivity contribution in [2.45, 2.75) is 24.7 Å². The van der Waals surface area contributed by atoms with Crippen LogP contribution < -0.4 is 5.73 Å². The quantitative estimate of drug-likeness (QED) is 0.776. The smallest absolute Gasteiger partial charge is 0.178 e. The highest BCUT2D eigenvalue weighted by atomic mass is 32.2. The van der Waals surface area contributed by atoms with Gasteiger partial charge in [0.05, 0.1) is 10.6 Å². The molecule has 0 saturated carbocycles. The lowest BCUT2D eigenvalue weighted by molar-refractivity contribution is 0.592.